The number of hydrogen-bond donors (Lipinski definition) is 2. The molecule has 2 aromatic rings. The monoisotopic (exact) mass is 564 g/mol. The summed E-state index contributed by atoms with van der Waals surface area (Å²) in [4.78, 5) is 6.64. The minimum absolute atomic E-state index is 0. The van der Waals surface area contributed by atoms with Gasteiger partial charge in [-0.1, -0.05) is 30.3 Å². The molecule has 0 radical (unpaired) electrons. The molecule has 1 unspecified atom stereocenters. The highest BCUT2D eigenvalue weighted by Crippen LogP contribution is 2.31. The van der Waals surface area contributed by atoms with E-state index in [2.05, 4.69) is 15.2 Å². The van der Waals surface area contributed by atoms with Crippen LogP contribution in [0.2, 0.25) is 0 Å². The van der Waals surface area contributed by atoms with Gasteiger partial charge in [-0.25, -0.2) is 0 Å². The molecule has 1 heterocycles. The zero-order chi connectivity index (χ0) is 22.3. The van der Waals surface area contributed by atoms with Crippen molar-refractivity contribution >= 4 is 35.6 Å². The van der Waals surface area contributed by atoms with Gasteiger partial charge in [0.1, 0.15) is 0 Å². The number of nitrogens with one attached hydrogen (secondary N) is 1. The van der Waals surface area contributed by atoms with Gasteiger partial charge >= 0.3 is 6.18 Å². The predicted octanol–water partition coefficient (Wildman–Crippen LogP) is 4.27. The van der Waals surface area contributed by atoms with Crippen LogP contribution < -0.4 is 11.1 Å². The van der Waals surface area contributed by atoms with E-state index >= 15 is 0 Å². The largest absolute Gasteiger partial charge is 0.416 e. The summed E-state index contributed by atoms with van der Waals surface area (Å²) in [6.07, 6.45) is -4.37. The molecule has 0 amide bonds. The molecule has 1 atom stereocenters. The number of guanidine groups is 1. The summed E-state index contributed by atoms with van der Waals surface area (Å²) in [5, 5.41) is 3.09. The molecule has 0 saturated carbocycles. The second kappa shape index (κ2) is 12.4. The highest BCUT2D eigenvalue weighted by Gasteiger charge is 2.31. The molecule has 0 aliphatic carbocycles. The van der Waals surface area contributed by atoms with Crippen molar-refractivity contribution in [3.8, 4) is 0 Å². The summed E-state index contributed by atoms with van der Waals surface area (Å²) in [5.41, 5.74) is 7.93. The normalized spacial score (nSPS) is 16.3. The number of hydrogen-bond acceptors (Lipinski definition) is 4. The van der Waals surface area contributed by atoms with Gasteiger partial charge in [0, 0.05) is 31.5 Å². The molecule has 6 nitrogen and oxygen atoms in total. The third kappa shape index (κ3) is 7.32. The van der Waals surface area contributed by atoms with Crippen molar-refractivity contribution in [2.24, 2.45) is 10.7 Å². The van der Waals surface area contributed by atoms with E-state index in [0.717, 1.165) is 28.9 Å². The van der Waals surface area contributed by atoms with E-state index < -0.39 is 11.7 Å². The Balaban J connectivity index is 0.00000363. The summed E-state index contributed by atoms with van der Waals surface area (Å²) in [5.74, 6) is 0.230. The molecule has 0 aromatic heterocycles. The van der Waals surface area contributed by atoms with Crippen molar-refractivity contribution in [2.45, 2.75) is 18.8 Å². The Morgan fingerprint density at radius 3 is 2.44 bits per heavy atom. The molecule has 10 heteroatoms. The number of morpholine rings is 1. The van der Waals surface area contributed by atoms with Gasteiger partial charge in [0.25, 0.3) is 0 Å². The van der Waals surface area contributed by atoms with Gasteiger partial charge in [-0.05, 0) is 23.8 Å². The van der Waals surface area contributed by atoms with Gasteiger partial charge in [0.15, 0.2) is 5.96 Å². The lowest BCUT2D eigenvalue weighted by Crippen LogP contribution is -2.40. The number of nitrogens with two attached hydrogens (primary N) is 1. The van der Waals surface area contributed by atoms with Crippen LogP contribution in [0.4, 0.5) is 18.9 Å². The van der Waals surface area contributed by atoms with Crippen LogP contribution in [0.5, 0.6) is 0 Å². The van der Waals surface area contributed by atoms with Crippen LogP contribution >= 0.6 is 24.0 Å². The standard InChI is InChI=1S/C22H27F3N4O2.HI/c1-30-15-17-4-2-3-5-19(17)28-21(26)27-14-20(29-10-12-31-13-11-29)16-6-8-18(9-7-16)22(23,24)25;/h2-9,20H,10-15H2,1H3,(H3,26,27,28);1H. The topological polar surface area (TPSA) is 72.1 Å². The van der Waals surface area contributed by atoms with Crippen molar-refractivity contribution < 1.29 is 22.6 Å². The highest BCUT2D eigenvalue weighted by atomic mass is 127. The molecule has 1 aliphatic rings. The third-order valence-corrected chi connectivity index (χ3v) is 5.12. The molecule has 1 saturated heterocycles. The van der Waals surface area contributed by atoms with Gasteiger partial charge in [0.05, 0.1) is 38.0 Å². The molecule has 176 valence electrons. The van der Waals surface area contributed by atoms with Crippen molar-refractivity contribution in [2.75, 3.05) is 45.3 Å². The Hall–Kier alpha value is -1.89. The fourth-order valence-corrected chi connectivity index (χ4v) is 3.50. The average Bonchev–Trinajstić information content (AvgIpc) is 2.76. The van der Waals surface area contributed by atoms with Crippen molar-refractivity contribution in [3.05, 3.63) is 65.2 Å². The van der Waals surface area contributed by atoms with Crippen molar-refractivity contribution in [1.29, 1.82) is 0 Å². The van der Waals surface area contributed by atoms with Gasteiger partial charge in [-0.3, -0.25) is 9.89 Å². The van der Waals surface area contributed by atoms with E-state index in [9.17, 15) is 13.2 Å². The number of anilines is 1. The lowest BCUT2D eigenvalue weighted by atomic mass is 10.0. The van der Waals surface area contributed by atoms with Crippen LogP contribution in [0.3, 0.4) is 0 Å². The quantitative estimate of drug-likeness (QED) is 0.299. The van der Waals surface area contributed by atoms with Crippen molar-refractivity contribution in [3.63, 3.8) is 0 Å². The number of alkyl halides is 3. The molecular weight excluding hydrogens is 536 g/mol. The Labute approximate surface area is 203 Å². The van der Waals surface area contributed by atoms with Crippen LogP contribution in [0.1, 0.15) is 22.7 Å². The average molecular weight is 564 g/mol. The van der Waals surface area contributed by atoms with E-state index in [4.69, 9.17) is 15.2 Å². The van der Waals surface area contributed by atoms with Crippen LogP contribution in [-0.2, 0) is 22.3 Å². The van der Waals surface area contributed by atoms with Crippen molar-refractivity contribution in [1.82, 2.24) is 4.90 Å². The molecule has 2 aromatic carbocycles. The first-order valence-electron chi connectivity index (χ1n) is 10.0. The van der Waals surface area contributed by atoms with E-state index in [1.807, 2.05) is 24.3 Å². The van der Waals surface area contributed by atoms with Gasteiger partial charge in [-0.2, -0.15) is 13.2 Å². The van der Waals surface area contributed by atoms with Crippen LogP contribution in [0, 0.1) is 0 Å². The second-order valence-electron chi connectivity index (χ2n) is 7.22. The summed E-state index contributed by atoms with van der Waals surface area (Å²) < 4.78 is 49.4. The zero-order valence-electron chi connectivity index (χ0n) is 17.8. The fourth-order valence-electron chi connectivity index (χ4n) is 3.50. The molecule has 1 fully saturated rings. The first-order valence-corrected chi connectivity index (χ1v) is 10.0. The molecule has 0 bridgehead atoms. The predicted molar refractivity (Wildman–Crippen MR) is 129 cm³/mol. The molecule has 0 spiro atoms. The maximum absolute atomic E-state index is 12.9. The number of rotatable bonds is 7. The Morgan fingerprint density at radius 2 is 1.81 bits per heavy atom. The van der Waals surface area contributed by atoms with E-state index in [0.29, 0.717) is 39.5 Å². The Kier molecular flexibility index (Phi) is 10.2. The van der Waals surface area contributed by atoms with Crippen LogP contribution in [-0.4, -0.2) is 50.8 Å². The van der Waals surface area contributed by atoms with E-state index in [1.165, 1.54) is 12.1 Å². The molecule has 3 rings (SSSR count). The number of nitrogens with zero attached hydrogens (tertiary/aromatic N) is 2. The van der Waals surface area contributed by atoms with Gasteiger partial charge in [-0.15, -0.1) is 24.0 Å². The molecular formula is C22H28F3IN4O2. The van der Waals surface area contributed by atoms with Gasteiger partial charge < -0.3 is 20.5 Å². The minimum Gasteiger partial charge on any atom is -0.380 e. The van der Waals surface area contributed by atoms with Crippen LogP contribution in [0.25, 0.3) is 0 Å². The summed E-state index contributed by atoms with van der Waals surface area (Å²) in [6, 6.07) is 12.6. The lowest BCUT2D eigenvalue weighted by Gasteiger charge is -2.34. The fraction of sp³-hybridized carbons (Fsp3) is 0.409. The number of methoxy groups -OCH3 is 1. The number of ether oxygens (including phenoxy) is 2. The first-order chi connectivity index (χ1) is 14.9. The molecule has 3 N–H and O–H groups in total. The molecule has 1 aliphatic heterocycles. The number of para-hydroxylation sites is 1. The summed E-state index contributed by atoms with van der Waals surface area (Å²) in [6.45, 7) is 3.21. The van der Waals surface area contributed by atoms with Gasteiger partial charge in [0.2, 0.25) is 0 Å². The first kappa shape index (κ1) is 26.4. The van der Waals surface area contributed by atoms with E-state index in [1.54, 1.807) is 7.11 Å². The summed E-state index contributed by atoms with van der Waals surface area (Å²) in [7, 11) is 1.62. The summed E-state index contributed by atoms with van der Waals surface area (Å²) >= 11 is 0. The minimum atomic E-state index is -4.37. The Bertz CT molecular complexity index is 872. The van der Waals surface area contributed by atoms with Crippen LogP contribution in [0.15, 0.2) is 53.5 Å². The third-order valence-electron chi connectivity index (χ3n) is 5.12. The maximum Gasteiger partial charge on any atom is 0.416 e. The SMILES string of the molecule is COCc1ccccc1NC(N)=NCC(c1ccc(C(F)(F)F)cc1)N1CCOCC1.I. The maximum atomic E-state index is 12.9. The number of benzene rings is 2. The smallest absolute Gasteiger partial charge is 0.380 e. The van der Waals surface area contributed by atoms with E-state index in [-0.39, 0.29) is 36.0 Å². The lowest BCUT2D eigenvalue weighted by molar-refractivity contribution is -0.137. The molecule has 32 heavy (non-hydrogen) atoms. The second-order valence-corrected chi connectivity index (χ2v) is 7.22. The zero-order valence-corrected chi connectivity index (χ0v) is 20.1. The number of halogens is 4. The number of aliphatic imine (C=N–C) groups is 1. The highest BCUT2D eigenvalue weighted by molar-refractivity contribution is 14.0. The Morgan fingerprint density at radius 1 is 1.16 bits per heavy atom.